The first-order valence-electron chi connectivity index (χ1n) is 3.38. The number of hydrogen-bond donors (Lipinski definition) is 0. The number of rotatable bonds is 1. The topological polar surface area (TPSA) is 0 Å². The van der Waals surface area contributed by atoms with E-state index in [0.29, 0.717) is 5.92 Å². The minimum atomic E-state index is 0.593. The van der Waals surface area contributed by atoms with Crippen molar-refractivity contribution in [2.24, 2.45) is 5.92 Å². The van der Waals surface area contributed by atoms with E-state index in [1.54, 1.807) is 0 Å². The van der Waals surface area contributed by atoms with Crippen molar-refractivity contribution in [2.45, 2.75) is 13.3 Å². The molecule has 0 amide bonds. The van der Waals surface area contributed by atoms with Crippen molar-refractivity contribution in [3.8, 4) is 0 Å². The minimum absolute atomic E-state index is 0.593. The van der Waals surface area contributed by atoms with Crippen LogP contribution in [0, 0.1) is 5.92 Å². The van der Waals surface area contributed by atoms with Gasteiger partial charge in [0.05, 0.1) is 0 Å². The van der Waals surface area contributed by atoms with Crippen LogP contribution in [0.4, 0.5) is 0 Å². The van der Waals surface area contributed by atoms with Gasteiger partial charge in [0.2, 0.25) is 0 Å². The molecule has 0 aromatic heterocycles. The molecular formula is C9H12. The van der Waals surface area contributed by atoms with E-state index in [4.69, 9.17) is 0 Å². The normalized spacial score (nSPS) is 25.0. The minimum Gasteiger partial charge on any atom is -0.0952 e. The van der Waals surface area contributed by atoms with Crippen LogP contribution in [0.5, 0.6) is 0 Å². The Kier molecular flexibility index (Phi) is 1.88. The summed E-state index contributed by atoms with van der Waals surface area (Å²) in [4.78, 5) is 0. The van der Waals surface area contributed by atoms with Crippen LogP contribution in [0.1, 0.15) is 13.3 Å². The van der Waals surface area contributed by atoms with Gasteiger partial charge in [0.15, 0.2) is 0 Å². The quantitative estimate of drug-likeness (QED) is 0.499. The fraction of sp³-hybridized carbons (Fsp3) is 0.333. The molecule has 0 fully saturated rings. The molecule has 0 aromatic rings. The third kappa shape index (κ3) is 1.32. The van der Waals surface area contributed by atoms with E-state index in [0.717, 1.165) is 0 Å². The van der Waals surface area contributed by atoms with Crippen molar-refractivity contribution in [1.29, 1.82) is 0 Å². The van der Waals surface area contributed by atoms with E-state index in [9.17, 15) is 0 Å². The molecule has 0 N–H and O–H groups in total. The molecule has 1 aliphatic carbocycles. The summed E-state index contributed by atoms with van der Waals surface area (Å²) in [6.07, 6.45) is 9.56. The van der Waals surface area contributed by atoms with Crippen LogP contribution >= 0.6 is 0 Å². The van der Waals surface area contributed by atoms with Gasteiger partial charge in [0.25, 0.3) is 0 Å². The summed E-state index contributed by atoms with van der Waals surface area (Å²) in [5.41, 5.74) is 1.24. The van der Waals surface area contributed by atoms with E-state index in [1.165, 1.54) is 12.0 Å². The number of hydrogen-bond acceptors (Lipinski definition) is 0. The first-order chi connectivity index (χ1) is 4.34. The maximum Gasteiger partial charge on any atom is 0.00126 e. The summed E-state index contributed by atoms with van der Waals surface area (Å²) in [6.45, 7) is 6.11. The van der Waals surface area contributed by atoms with Gasteiger partial charge in [0, 0.05) is 5.92 Å². The van der Waals surface area contributed by atoms with Crippen LogP contribution in [0.2, 0.25) is 0 Å². The van der Waals surface area contributed by atoms with E-state index in [2.05, 4.69) is 31.7 Å². The second-order valence-electron chi connectivity index (χ2n) is 2.33. The monoisotopic (exact) mass is 120 g/mol. The number of allylic oxidation sites excluding steroid dienone is 5. The van der Waals surface area contributed by atoms with Crippen molar-refractivity contribution in [1.82, 2.24) is 0 Å². The molecular weight excluding hydrogens is 108 g/mol. The lowest BCUT2D eigenvalue weighted by Gasteiger charge is -2.11. The Morgan fingerprint density at radius 2 is 2.33 bits per heavy atom. The summed E-state index contributed by atoms with van der Waals surface area (Å²) >= 11 is 0. The highest BCUT2D eigenvalue weighted by Gasteiger charge is 2.04. The lowest BCUT2D eigenvalue weighted by Crippen LogP contribution is -1.97. The Hall–Kier alpha value is -0.780. The van der Waals surface area contributed by atoms with Gasteiger partial charge in [-0.15, -0.1) is 0 Å². The third-order valence-electron chi connectivity index (χ3n) is 1.68. The van der Waals surface area contributed by atoms with Crippen LogP contribution in [0.3, 0.4) is 0 Å². The zero-order chi connectivity index (χ0) is 6.69. The SMILES string of the molecule is C=C1C=CC=CC1CC. The molecule has 0 aromatic carbocycles. The molecule has 0 saturated heterocycles. The maximum atomic E-state index is 3.93. The molecule has 0 aliphatic heterocycles. The van der Waals surface area contributed by atoms with Gasteiger partial charge in [-0.2, -0.15) is 0 Å². The zero-order valence-corrected chi connectivity index (χ0v) is 5.80. The first-order valence-corrected chi connectivity index (χ1v) is 3.38. The van der Waals surface area contributed by atoms with Crippen molar-refractivity contribution in [3.63, 3.8) is 0 Å². The molecule has 0 heterocycles. The second-order valence-corrected chi connectivity index (χ2v) is 2.33. The third-order valence-corrected chi connectivity index (χ3v) is 1.68. The van der Waals surface area contributed by atoms with Gasteiger partial charge in [-0.1, -0.05) is 37.8 Å². The molecule has 1 atom stereocenters. The highest BCUT2D eigenvalue weighted by atomic mass is 14.1. The summed E-state index contributed by atoms with van der Waals surface area (Å²) < 4.78 is 0. The average molecular weight is 120 g/mol. The lowest BCUT2D eigenvalue weighted by molar-refractivity contribution is 0.742. The Morgan fingerprint density at radius 3 is 2.78 bits per heavy atom. The van der Waals surface area contributed by atoms with Crippen molar-refractivity contribution in [2.75, 3.05) is 0 Å². The van der Waals surface area contributed by atoms with Crippen molar-refractivity contribution < 1.29 is 0 Å². The largest absolute Gasteiger partial charge is 0.0952 e. The molecule has 0 saturated carbocycles. The summed E-state index contributed by atoms with van der Waals surface area (Å²) in [5.74, 6) is 0.593. The average Bonchev–Trinajstić information content (AvgIpc) is 1.89. The fourth-order valence-corrected chi connectivity index (χ4v) is 1.02. The molecule has 0 bridgehead atoms. The molecule has 0 nitrogen and oxygen atoms in total. The fourth-order valence-electron chi connectivity index (χ4n) is 1.02. The first kappa shape index (κ1) is 6.34. The van der Waals surface area contributed by atoms with Crippen LogP contribution in [-0.4, -0.2) is 0 Å². The van der Waals surface area contributed by atoms with Gasteiger partial charge in [-0.3, -0.25) is 0 Å². The molecule has 0 radical (unpaired) electrons. The van der Waals surface area contributed by atoms with Gasteiger partial charge < -0.3 is 0 Å². The highest BCUT2D eigenvalue weighted by molar-refractivity contribution is 5.30. The van der Waals surface area contributed by atoms with Crippen molar-refractivity contribution >= 4 is 0 Å². The predicted octanol–water partition coefficient (Wildman–Crippen LogP) is 2.69. The van der Waals surface area contributed by atoms with Crippen LogP contribution in [-0.2, 0) is 0 Å². The molecule has 1 unspecified atom stereocenters. The van der Waals surface area contributed by atoms with Gasteiger partial charge in [0.1, 0.15) is 0 Å². The molecule has 48 valence electrons. The molecule has 1 rings (SSSR count). The smallest absolute Gasteiger partial charge is 0.00126 e. The molecule has 9 heavy (non-hydrogen) atoms. The molecule has 1 aliphatic rings. The van der Waals surface area contributed by atoms with Crippen LogP contribution in [0.15, 0.2) is 36.5 Å². The van der Waals surface area contributed by atoms with E-state index in [1.807, 2.05) is 6.08 Å². The van der Waals surface area contributed by atoms with E-state index < -0.39 is 0 Å². The van der Waals surface area contributed by atoms with Gasteiger partial charge >= 0.3 is 0 Å². The maximum absolute atomic E-state index is 3.93. The highest BCUT2D eigenvalue weighted by Crippen LogP contribution is 2.19. The zero-order valence-electron chi connectivity index (χ0n) is 5.80. The molecule has 0 heteroatoms. The standard InChI is InChI=1S/C9H12/c1-3-9-7-5-4-6-8(9)2/h4-7,9H,2-3H2,1H3. The second kappa shape index (κ2) is 2.67. The van der Waals surface area contributed by atoms with Gasteiger partial charge in [-0.25, -0.2) is 0 Å². The Balaban J connectivity index is 2.66. The Morgan fingerprint density at radius 1 is 1.56 bits per heavy atom. The summed E-state index contributed by atoms with van der Waals surface area (Å²) in [5, 5.41) is 0. The Labute approximate surface area is 56.6 Å². The van der Waals surface area contributed by atoms with Gasteiger partial charge in [-0.05, 0) is 12.0 Å². The predicted molar refractivity (Wildman–Crippen MR) is 41.2 cm³/mol. The summed E-state index contributed by atoms with van der Waals surface area (Å²) in [6, 6.07) is 0. The van der Waals surface area contributed by atoms with Crippen molar-refractivity contribution in [3.05, 3.63) is 36.5 Å². The Bertz CT molecular complexity index is 161. The van der Waals surface area contributed by atoms with Crippen LogP contribution < -0.4 is 0 Å². The van der Waals surface area contributed by atoms with E-state index >= 15 is 0 Å². The van der Waals surface area contributed by atoms with E-state index in [-0.39, 0.29) is 0 Å². The van der Waals surface area contributed by atoms with Crippen LogP contribution in [0.25, 0.3) is 0 Å². The molecule has 0 spiro atoms. The lowest BCUT2D eigenvalue weighted by atomic mass is 9.94. The summed E-state index contributed by atoms with van der Waals surface area (Å²) in [7, 11) is 0.